The zero-order chi connectivity index (χ0) is 27.6. The highest BCUT2D eigenvalue weighted by Gasteiger charge is 2.34. The van der Waals surface area contributed by atoms with Gasteiger partial charge in [0.25, 0.3) is 0 Å². The standard InChI is InChI=1S/C28H25F3N4O4/c29-28(30,31)15-39-21-8-5-18(6-9-21)17-1-3-19(4-2-17)23-14-25(35(34-23)26(36)11-12-27(37)38)20-7-10-22-24(13-20)33-16-32-22/h1-10,13,25,32-33H,11-12,14-16H2,(H,37,38). The number of amides is 1. The Morgan fingerprint density at radius 1 is 0.923 bits per heavy atom. The average Bonchev–Trinajstić information content (AvgIpc) is 3.58. The molecule has 5 rings (SSSR count). The van der Waals surface area contributed by atoms with Crippen molar-refractivity contribution in [1.29, 1.82) is 0 Å². The highest BCUT2D eigenvalue weighted by molar-refractivity contribution is 6.03. The maximum Gasteiger partial charge on any atom is 0.422 e. The molecule has 11 heteroatoms. The van der Waals surface area contributed by atoms with Gasteiger partial charge in [-0.1, -0.05) is 42.5 Å². The van der Waals surface area contributed by atoms with Gasteiger partial charge in [-0.25, -0.2) is 5.01 Å². The summed E-state index contributed by atoms with van der Waals surface area (Å²) in [7, 11) is 0. The van der Waals surface area contributed by atoms with Crippen LogP contribution in [0.4, 0.5) is 24.5 Å². The molecule has 39 heavy (non-hydrogen) atoms. The Hall–Kier alpha value is -4.54. The Morgan fingerprint density at radius 3 is 2.23 bits per heavy atom. The molecule has 0 aliphatic carbocycles. The number of anilines is 2. The molecule has 1 atom stereocenters. The Morgan fingerprint density at radius 2 is 1.56 bits per heavy atom. The van der Waals surface area contributed by atoms with E-state index in [1.807, 2.05) is 42.5 Å². The number of carbonyl (C=O) groups is 2. The lowest BCUT2D eigenvalue weighted by molar-refractivity contribution is -0.153. The maximum absolute atomic E-state index is 13.0. The summed E-state index contributed by atoms with van der Waals surface area (Å²) in [4.78, 5) is 24.0. The first kappa shape index (κ1) is 26.1. The molecule has 0 spiro atoms. The van der Waals surface area contributed by atoms with Crippen LogP contribution in [0.3, 0.4) is 0 Å². The van der Waals surface area contributed by atoms with Gasteiger partial charge >= 0.3 is 12.1 Å². The van der Waals surface area contributed by atoms with E-state index < -0.39 is 18.8 Å². The Kier molecular flexibility index (Phi) is 7.14. The lowest BCUT2D eigenvalue weighted by Crippen LogP contribution is -2.27. The molecule has 0 radical (unpaired) electrons. The van der Waals surface area contributed by atoms with Crippen LogP contribution in [-0.2, 0) is 9.59 Å². The average molecular weight is 539 g/mol. The molecule has 0 fully saturated rings. The number of nitrogens with zero attached hydrogens (tertiary/aromatic N) is 2. The first-order chi connectivity index (χ1) is 18.7. The minimum Gasteiger partial charge on any atom is -0.484 e. The predicted molar refractivity (Wildman–Crippen MR) is 140 cm³/mol. The number of benzene rings is 3. The molecule has 8 nitrogen and oxygen atoms in total. The molecular formula is C28H25F3N4O4. The minimum absolute atomic E-state index is 0.129. The topological polar surface area (TPSA) is 103 Å². The lowest BCUT2D eigenvalue weighted by Gasteiger charge is -2.22. The molecule has 0 saturated heterocycles. The van der Waals surface area contributed by atoms with Crippen molar-refractivity contribution in [2.75, 3.05) is 23.9 Å². The number of halogens is 3. The number of carboxylic acids is 1. The van der Waals surface area contributed by atoms with Crippen molar-refractivity contribution in [2.45, 2.75) is 31.5 Å². The third-order valence-electron chi connectivity index (χ3n) is 6.51. The van der Waals surface area contributed by atoms with E-state index >= 15 is 0 Å². The van der Waals surface area contributed by atoms with Crippen LogP contribution in [0, 0.1) is 0 Å². The molecule has 2 aliphatic heterocycles. The number of hydrogen-bond acceptors (Lipinski definition) is 6. The summed E-state index contributed by atoms with van der Waals surface area (Å²) >= 11 is 0. The molecule has 1 amide bonds. The summed E-state index contributed by atoms with van der Waals surface area (Å²) in [6.07, 6.45) is -4.39. The van der Waals surface area contributed by atoms with E-state index in [9.17, 15) is 22.8 Å². The number of rotatable bonds is 8. The van der Waals surface area contributed by atoms with Crippen LogP contribution < -0.4 is 15.4 Å². The molecule has 202 valence electrons. The van der Waals surface area contributed by atoms with Gasteiger partial charge in [0.2, 0.25) is 5.91 Å². The zero-order valence-electron chi connectivity index (χ0n) is 20.7. The highest BCUT2D eigenvalue weighted by atomic mass is 19.4. The summed E-state index contributed by atoms with van der Waals surface area (Å²) in [5, 5.41) is 21.5. The van der Waals surface area contributed by atoms with E-state index in [1.54, 1.807) is 12.1 Å². The maximum atomic E-state index is 13.0. The third-order valence-corrected chi connectivity index (χ3v) is 6.51. The number of ether oxygens (including phenoxy) is 1. The van der Waals surface area contributed by atoms with Crippen LogP contribution in [0.25, 0.3) is 11.1 Å². The van der Waals surface area contributed by atoms with Crippen molar-refractivity contribution < 1.29 is 32.6 Å². The fourth-order valence-corrected chi connectivity index (χ4v) is 4.57. The first-order valence-electron chi connectivity index (χ1n) is 12.3. The van der Waals surface area contributed by atoms with Crippen LogP contribution in [0.2, 0.25) is 0 Å². The van der Waals surface area contributed by atoms with E-state index in [-0.39, 0.29) is 30.5 Å². The summed E-state index contributed by atoms with van der Waals surface area (Å²) < 4.78 is 41.9. The quantitative estimate of drug-likeness (QED) is 0.344. The lowest BCUT2D eigenvalue weighted by atomic mass is 9.96. The smallest absolute Gasteiger partial charge is 0.422 e. The molecule has 0 bridgehead atoms. The van der Waals surface area contributed by atoms with Gasteiger partial charge in [-0.3, -0.25) is 9.59 Å². The monoisotopic (exact) mass is 538 g/mol. The number of carboxylic acid groups (broad SMARTS) is 1. The molecule has 3 N–H and O–H groups in total. The minimum atomic E-state index is -4.40. The van der Waals surface area contributed by atoms with Crippen LogP contribution in [0.15, 0.2) is 71.8 Å². The van der Waals surface area contributed by atoms with Crippen molar-refractivity contribution >= 4 is 29.0 Å². The number of alkyl halides is 3. The number of nitrogens with one attached hydrogen (secondary N) is 2. The Bertz CT molecular complexity index is 1410. The number of hydrazone groups is 1. The molecule has 0 aromatic heterocycles. The van der Waals surface area contributed by atoms with Gasteiger partial charge < -0.3 is 20.5 Å². The second-order valence-corrected chi connectivity index (χ2v) is 9.24. The van der Waals surface area contributed by atoms with Crippen molar-refractivity contribution in [3.8, 4) is 16.9 Å². The summed E-state index contributed by atoms with van der Waals surface area (Å²) in [5.74, 6) is -1.29. The van der Waals surface area contributed by atoms with E-state index in [2.05, 4.69) is 15.7 Å². The van der Waals surface area contributed by atoms with Gasteiger partial charge in [-0.15, -0.1) is 0 Å². The first-order valence-corrected chi connectivity index (χ1v) is 12.3. The largest absolute Gasteiger partial charge is 0.484 e. The molecular weight excluding hydrogens is 513 g/mol. The molecule has 3 aromatic carbocycles. The number of carbonyl (C=O) groups excluding carboxylic acids is 1. The summed E-state index contributed by atoms with van der Waals surface area (Å²) in [5.41, 5.74) is 5.94. The Labute approximate surface area is 222 Å². The van der Waals surface area contributed by atoms with Gasteiger partial charge in [0.1, 0.15) is 5.75 Å². The Balaban J connectivity index is 1.34. The van der Waals surface area contributed by atoms with Crippen LogP contribution in [0.1, 0.15) is 36.4 Å². The molecule has 0 saturated carbocycles. The molecule has 2 heterocycles. The fraction of sp³-hybridized carbons (Fsp3) is 0.250. The van der Waals surface area contributed by atoms with Crippen molar-refractivity contribution in [3.63, 3.8) is 0 Å². The van der Waals surface area contributed by atoms with E-state index in [0.717, 1.165) is 33.6 Å². The van der Waals surface area contributed by atoms with Crippen LogP contribution in [0.5, 0.6) is 5.75 Å². The van der Waals surface area contributed by atoms with Crippen LogP contribution in [-0.4, -0.2) is 47.2 Å². The highest BCUT2D eigenvalue weighted by Crippen LogP contribution is 2.37. The van der Waals surface area contributed by atoms with E-state index in [4.69, 9.17) is 9.84 Å². The SMILES string of the molecule is O=C(O)CCC(=O)N1N=C(c2ccc(-c3ccc(OCC(F)(F)F)cc3)cc2)CC1c1ccc2c(c1)NCN2. The van der Waals surface area contributed by atoms with E-state index in [0.29, 0.717) is 18.8 Å². The predicted octanol–water partition coefficient (Wildman–Crippen LogP) is 5.63. The van der Waals surface area contributed by atoms with Crippen LogP contribution >= 0.6 is 0 Å². The summed E-state index contributed by atoms with van der Waals surface area (Å²) in [6.45, 7) is -0.735. The summed E-state index contributed by atoms with van der Waals surface area (Å²) in [6, 6.07) is 19.3. The van der Waals surface area contributed by atoms with E-state index in [1.165, 1.54) is 17.1 Å². The van der Waals surface area contributed by atoms with Crippen molar-refractivity contribution in [2.24, 2.45) is 5.10 Å². The van der Waals surface area contributed by atoms with Crippen molar-refractivity contribution in [3.05, 3.63) is 77.9 Å². The molecule has 2 aliphatic rings. The van der Waals surface area contributed by atoms with Gasteiger partial charge in [0, 0.05) is 12.8 Å². The molecule has 1 unspecified atom stereocenters. The second kappa shape index (κ2) is 10.7. The van der Waals surface area contributed by atoms with Gasteiger partial charge in [0.15, 0.2) is 6.61 Å². The number of aliphatic carboxylic acids is 1. The van der Waals surface area contributed by atoms with Crippen molar-refractivity contribution in [1.82, 2.24) is 5.01 Å². The normalized spacial score (nSPS) is 16.2. The molecule has 3 aromatic rings. The van der Waals surface area contributed by atoms with Gasteiger partial charge in [0.05, 0.1) is 36.2 Å². The third kappa shape index (κ3) is 6.14. The van der Waals surface area contributed by atoms with Gasteiger partial charge in [-0.05, 0) is 46.5 Å². The fourth-order valence-electron chi connectivity index (χ4n) is 4.57. The second-order valence-electron chi connectivity index (χ2n) is 9.24. The van der Waals surface area contributed by atoms with Gasteiger partial charge in [-0.2, -0.15) is 18.3 Å². The number of hydrogen-bond donors (Lipinski definition) is 3. The number of fused-ring (bicyclic) bond motifs is 1. The zero-order valence-corrected chi connectivity index (χ0v) is 20.7.